The zero-order valence-electron chi connectivity index (χ0n) is 8.98. The van der Waals surface area contributed by atoms with Gasteiger partial charge in [-0.3, -0.25) is 0 Å². The molecule has 15 heavy (non-hydrogen) atoms. The molecule has 2 nitrogen and oxygen atoms in total. The Morgan fingerprint density at radius 2 is 2.07 bits per heavy atom. The SMILES string of the molecule is C=C(/C=C/COCc1ccccc1)OC. The lowest BCUT2D eigenvalue weighted by Crippen LogP contribution is -1.92. The van der Waals surface area contributed by atoms with Crippen molar-refractivity contribution in [1.82, 2.24) is 0 Å². The van der Waals surface area contributed by atoms with Crippen LogP contribution < -0.4 is 0 Å². The van der Waals surface area contributed by atoms with Gasteiger partial charge in [-0.25, -0.2) is 0 Å². The highest BCUT2D eigenvalue weighted by Crippen LogP contribution is 2.00. The fourth-order valence-corrected chi connectivity index (χ4v) is 1.07. The number of benzene rings is 1. The number of methoxy groups -OCH3 is 1. The Morgan fingerprint density at radius 3 is 2.73 bits per heavy atom. The van der Waals surface area contributed by atoms with E-state index in [9.17, 15) is 0 Å². The molecule has 0 heterocycles. The van der Waals surface area contributed by atoms with Crippen LogP contribution in [-0.2, 0) is 16.1 Å². The molecular formula is C13H16O2. The second-order valence-electron chi connectivity index (χ2n) is 3.07. The standard InChI is InChI=1S/C13H16O2/c1-12(14-2)7-6-10-15-11-13-8-4-3-5-9-13/h3-9H,1,10-11H2,2H3/b7-6+. The van der Waals surface area contributed by atoms with E-state index in [2.05, 4.69) is 6.58 Å². The van der Waals surface area contributed by atoms with Crippen molar-refractivity contribution in [3.8, 4) is 0 Å². The average molecular weight is 204 g/mol. The summed E-state index contributed by atoms with van der Waals surface area (Å²) in [6.07, 6.45) is 3.68. The van der Waals surface area contributed by atoms with Crippen molar-refractivity contribution in [2.24, 2.45) is 0 Å². The molecule has 0 atom stereocenters. The smallest absolute Gasteiger partial charge is 0.111 e. The van der Waals surface area contributed by atoms with E-state index in [1.54, 1.807) is 13.2 Å². The van der Waals surface area contributed by atoms with Gasteiger partial charge in [0.15, 0.2) is 0 Å². The number of allylic oxidation sites excluding steroid dienone is 1. The molecule has 0 spiro atoms. The molecule has 0 radical (unpaired) electrons. The molecule has 0 amide bonds. The van der Waals surface area contributed by atoms with Crippen molar-refractivity contribution in [3.63, 3.8) is 0 Å². The Balaban J connectivity index is 2.17. The van der Waals surface area contributed by atoms with Crippen LogP contribution in [0.3, 0.4) is 0 Å². The van der Waals surface area contributed by atoms with Gasteiger partial charge in [-0.1, -0.05) is 43.0 Å². The molecule has 0 saturated heterocycles. The molecule has 0 aliphatic heterocycles. The first kappa shape index (κ1) is 11.5. The van der Waals surface area contributed by atoms with Crippen LogP contribution in [0.5, 0.6) is 0 Å². The second-order valence-corrected chi connectivity index (χ2v) is 3.07. The molecule has 80 valence electrons. The highest BCUT2D eigenvalue weighted by atomic mass is 16.5. The van der Waals surface area contributed by atoms with Crippen LogP contribution in [0, 0.1) is 0 Å². The van der Waals surface area contributed by atoms with Crippen molar-refractivity contribution in [3.05, 3.63) is 60.4 Å². The molecule has 1 aromatic rings. The van der Waals surface area contributed by atoms with Crippen molar-refractivity contribution in [1.29, 1.82) is 0 Å². The maximum absolute atomic E-state index is 5.43. The van der Waals surface area contributed by atoms with E-state index in [-0.39, 0.29) is 0 Å². The maximum Gasteiger partial charge on any atom is 0.111 e. The first-order valence-corrected chi connectivity index (χ1v) is 4.84. The van der Waals surface area contributed by atoms with Gasteiger partial charge in [0, 0.05) is 0 Å². The van der Waals surface area contributed by atoms with Crippen LogP contribution in [0.25, 0.3) is 0 Å². The largest absolute Gasteiger partial charge is 0.497 e. The summed E-state index contributed by atoms with van der Waals surface area (Å²) >= 11 is 0. The minimum absolute atomic E-state index is 0.567. The molecule has 1 aromatic carbocycles. The first-order chi connectivity index (χ1) is 7.33. The van der Waals surface area contributed by atoms with Gasteiger partial charge in [0.05, 0.1) is 20.3 Å². The lowest BCUT2D eigenvalue weighted by atomic mass is 10.2. The molecule has 0 fully saturated rings. The average Bonchev–Trinajstić information content (AvgIpc) is 2.29. The van der Waals surface area contributed by atoms with Crippen LogP contribution in [-0.4, -0.2) is 13.7 Å². The molecular weight excluding hydrogens is 188 g/mol. The molecule has 0 bridgehead atoms. The second kappa shape index (κ2) is 6.85. The summed E-state index contributed by atoms with van der Waals surface area (Å²) in [6.45, 7) is 4.86. The van der Waals surface area contributed by atoms with Gasteiger partial charge < -0.3 is 9.47 Å². The van der Waals surface area contributed by atoms with Gasteiger partial charge in [0.1, 0.15) is 5.76 Å². The van der Waals surface area contributed by atoms with Crippen molar-refractivity contribution >= 4 is 0 Å². The summed E-state index contributed by atoms with van der Waals surface area (Å²) in [5.41, 5.74) is 1.18. The summed E-state index contributed by atoms with van der Waals surface area (Å²) in [4.78, 5) is 0. The van der Waals surface area contributed by atoms with Crippen molar-refractivity contribution in [2.75, 3.05) is 13.7 Å². The molecule has 0 N–H and O–H groups in total. The van der Waals surface area contributed by atoms with E-state index in [1.165, 1.54) is 5.56 Å². The lowest BCUT2D eigenvalue weighted by molar-refractivity contribution is 0.148. The number of hydrogen-bond donors (Lipinski definition) is 0. The summed E-state index contributed by atoms with van der Waals surface area (Å²) in [7, 11) is 1.59. The Morgan fingerprint density at radius 1 is 1.33 bits per heavy atom. The minimum atomic E-state index is 0.567. The van der Waals surface area contributed by atoms with Crippen LogP contribution in [0.1, 0.15) is 5.56 Å². The van der Waals surface area contributed by atoms with Gasteiger partial charge >= 0.3 is 0 Å². The van der Waals surface area contributed by atoms with E-state index in [0.717, 1.165) is 0 Å². The predicted octanol–water partition coefficient (Wildman–Crippen LogP) is 2.92. The monoisotopic (exact) mass is 204 g/mol. The fraction of sp³-hybridized carbons (Fsp3) is 0.231. The number of rotatable bonds is 6. The molecule has 0 unspecified atom stereocenters. The van der Waals surface area contributed by atoms with Gasteiger partial charge in [-0.15, -0.1) is 0 Å². The molecule has 0 aliphatic carbocycles. The van der Waals surface area contributed by atoms with Crippen molar-refractivity contribution in [2.45, 2.75) is 6.61 Å². The third-order valence-corrected chi connectivity index (χ3v) is 1.89. The zero-order chi connectivity index (χ0) is 10.9. The van der Waals surface area contributed by atoms with Crippen LogP contribution in [0.2, 0.25) is 0 Å². The fourth-order valence-electron chi connectivity index (χ4n) is 1.07. The quantitative estimate of drug-likeness (QED) is 0.403. The Hall–Kier alpha value is -1.54. The highest BCUT2D eigenvalue weighted by Gasteiger charge is 1.89. The summed E-state index contributed by atoms with van der Waals surface area (Å²) in [6, 6.07) is 10.1. The molecule has 0 aromatic heterocycles. The van der Waals surface area contributed by atoms with E-state index in [1.807, 2.05) is 36.4 Å². The third kappa shape index (κ3) is 5.03. The minimum Gasteiger partial charge on any atom is -0.497 e. The van der Waals surface area contributed by atoms with Gasteiger partial charge in [-0.2, -0.15) is 0 Å². The first-order valence-electron chi connectivity index (χ1n) is 4.84. The lowest BCUT2D eigenvalue weighted by Gasteiger charge is -2.01. The Kier molecular flexibility index (Phi) is 5.26. The van der Waals surface area contributed by atoms with E-state index in [0.29, 0.717) is 19.0 Å². The van der Waals surface area contributed by atoms with Gasteiger partial charge in [0.25, 0.3) is 0 Å². The predicted molar refractivity (Wildman–Crippen MR) is 61.4 cm³/mol. The highest BCUT2D eigenvalue weighted by molar-refractivity contribution is 5.13. The van der Waals surface area contributed by atoms with Crippen LogP contribution in [0.15, 0.2) is 54.8 Å². The molecule has 0 saturated carbocycles. The normalized spacial score (nSPS) is 10.5. The van der Waals surface area contributed by atoms with Gasteiger partial charge in [-0.05, 0) is 11.6 Å². The van der Waals surface area contributed by atoms with Crippen molar-refractivity contribution < 1.29 is 9.47 Å². The summed E-state index contributed by atoms with van der Waals surface area (Å²) in [5, 5.41) is 0. The van der Waals surface area contributed by atoms with Gasteiger partial charge in [0.2, 0.25) is 0 Å². The molecule has 0 aliphatic rings. The number of hydrogen-bond acceptors (Lipinski definition) is 2. The Bertz CT molecular complexity index is 315. The maximum atomic E-state index is 5.43. The molecule has 1 rings (SSSR count). The van der Waals surface area contributed by atoms with E-state index < -0.39 is 0 Å². The van der Waals surface area contributed by atoms with Crippen LogP contribution in [0.4, 0.5) is 0 Å². The molecule has 2 heteroatoms. The zero-order valence-corrected chi connectivity index (χ0v) is 8.98. The van der Waals surface area contributed by atoms with Crippen LogP contribution >= 0.6 is 0 Å². The summed E-state index contributed by atoms with van der Waals surface area (Å²) < 4.78 is 10.3. The Labute approximate surface area is 90.8 Å². The summed E-state index contributed by atoms with van der Waals surface area (Å²) in [5.74, 6) is 0.637. The van der Waals surface area contributed by atoms with E-state index in [4.69, 9.17) is 9.47 Å². The topological polar surface area (TPSA) is 18.5 Å². The number of ether oxygens (including phenoxy) is 2. The van der Waals surface area contributed by atoms with E-state index >= 15 is 0 Å². The third-order valence-electron chi connectivity index (χ3n) is 1.89.